The standard InChI is InChI=1S/C11H20O.C10H18O.2C9H18.C9H20.C8H16.C6H12O.8CH4/c1-11(2,3)10(12)9-7-5-4-6-8-9;1-10(2,3)9(11)8-6-4-5-7-8;1-9(2,3)7-8-5-4-6-8;1-9(2,3)8-6-4-5-7-8;1-8(2,3)7-9(4,5)6;1-8(2,3)6-7-4-5-7;1-5(7)6(2,3)4;;;;;;;;/h9H,4-8H2,1-3H3;8H,4-7H2,1-3H3;2*8H,4-7H2,1-3H3;7H2,1-6H3;7H,4-6H2,1-3H3;1-4H3;8*1H4. The molecule has 5 aliphatic rings. The molecular formula is C70H154O3. The van der Waals surface area contributed by atoms with Crippen LogP contribution in [0.4, 0.5) is 0 Å². The van der Waals surface area contributed by atoms with E-state index in [0.717, 1.165) is 43.4 Å². The van der Waals surface area contributed by atoms with Crippen molar-refractivity contribution in [2.75, 3.05) is 0 Å². The first-order valence-electron chi connectivity index (χ1n) is 27.5. The van der Waals surface area contributed by atoms with E-state index in [-0.39, 0.29) is 81.4 Å². The Hall–Kier alpha value is -0.990. The summed E-state index contributed by atoms with van der Waals surface area (Å²) in [4.78, 5) is 34.0. The van der Waals surface area contributed by atoms with Crippen LogP contribution in [0.2, 0.25) is 0 Å². The molecule has 0 spiro atoms. The molecule has 3 nitrogen and oxygen atoms in total. The summed E-state index contributed by atoms with van der Waals surface area (Å²) in [5, 5.41) is 0. The van der Waals surface area contributed by atoms with Gasteiger partial charge in [0, 0.05) is 28.1 Å². The molecule has 5 aliphatic carbocycles. The largest absolute Gasteiger partial charge is 0.299 e. The van der Waals surface area contributed by atoms with E-state index in [4.69, 9.17) is 0 Å². The predicted octanol–water partition coefficient (Wildman–Crippen LogP) is 25.4. The number of hydrogen-bond donors (Lipinski definition) is 0. The van der Waals surface area contributed by atoms with Crippen molar-refractivity contribution in [3.8, 4) is 0 Å². The van der Waals surface area contributed by atoms with Crippen molar-refractivity contribution in [1.82, 2.24) is 0 Å². The van der Waals surface area contributed by atoms with Crippen molar-refractivity contribution in [1.29, 1.82) is 0 Å². The number of hydrogen-bond acceptors (Lipinski definition) is 3. The highest BCUT2D eigenvalue weighted by atomic mass is 16.1. The Morgan fingerprint density at radius 2 is 0.562 bits per heavy atom. The smallest absolute Gasteiger partial charge is 0.141 e. The van der Waals surface area contributed by atoms with E-state index in [1.807, 2.05) is 62.3 Å². The van der Waals surface area contributed by atoms with E-state index < -0.39 is 0 Å². The van der Waals surface area contributed by atoms with E-state index in [2.05, 4.69) is 104 Å². The monoisotopic (exact) mass is 1040 g/mol. The maximum absolute atomic E-state index is 11.8. The molecule has 452 valence electrons. The fraction of sp³-hybridized carbons (Fsp3) is 0.957. The summed E-state index contributed by atoms with van der Waals surface area (Å²) in [6.45, 7) is 54.3. The molecule has 0 bridgehead atoms. The number of rotatable bonds is 4. The molecule has 5 saturated carbocycles. The molecule has 0 saturated heterocycles. The SMILES string of the molecule is C.C.C.C.C.C.C.C.CC(=O)C(C)(C)C.CC(C)(C)C(=O)C1CCCC1.CC(C)(C)C(=O)C1CCCCC1.CC(C)(C)C1CCCC1.CC(C)(C)CC(C)(C)C.CC(C)(C)CC1CC1.CC(C)(C)CC1CCC1. The molecule has 0 aliphatic heterocycles. The van der Waals surface area contributed by atoms with Gasteiger partial charge >= 0.3 is 0 Å². The minimum Gasteiger partial charge on any atom is -0.299 e. The molecule has 0 aromatic carbocycles. The minimum absolute atomic E-state index is 0. The Bertz CT molecular complexity index is 1250. The molecule has 5 rings (SSSR count). The van der Waals surface area contributed by atoms with Crippen molar-refractivity contribution >= 4 is 17.3 Å². The minimum atomic E-state index is -0.139. The number of carbonyl (C=O) groups is 3. The van der Waals surface area contributed by atoms with Gasteiger partial charge in [-0.05, 0) is 110 Å². The third-order valence-electron chi connectivity index (χ3n) is 13.6. The fourth-order valence-corrected chi connectivity index (χ4v) is 9.91. The first kappa shape index (κ1) is 94.4. The van der Waals surface area contributed by atoms with Gasteiger partial charge in [-0.1, -0.05) is 303 Å². The molecule has 0 atom stereocenters. The lowest BCUT2D eigenvalue weighted by molar-refractivity contribution is -0.131. The normalized spacial score (nSPS) is 17.2. The van der Waals surface area contributed by atoms with Gasteiger partial charge in [0.15, 0.2) is 0 Å². The van der Waals surface area contributed by atoms with Crippen LogP contribution in [0.1, 0.15) is 367 Å². The summed E-state index contributed by atoms with van der Waals surface area (Å²) in [5.74, 6) is 5.12. The summed E-state index contributed by atoms with van der Waals surface area (Å²) in [7, 11) is 0. The zero-order chi connectivity index (χ0) is 51.5. The molecule has 73 heavy (non-hydrogen) atoms. The van der Waals surface area contributed by atoms with Crippen LogP contribution in [0.25, 0.3) is 0 Å². The van der Waals surface area contributed by atoms with Crippen LogP contribution < -0.4 is 0 Å². The average Bonchev–Trinajstić information content (AvgIpc) is 3.48. The molecule has 0 amide bonds. The maximum atomic E-state index is 11.8. The highest BCUT2D eigenvalue weighted by Crippen LogP contribution is 2.41. The number of Topliss-reactive ketones (excluding diaryl/α,β-unsaturated/α-hetero) is 3. The molecular weight excluding hydrogens is 889 g/mol. The Balaban J connectivity index is -0.0000000783. The van der Waals surface area contributed by atoms with Gasteiger partial charge in [-0.3, -0.25) is 14.4 Å². The van der Waals surface area contributed by atoms with Crippen LogP contribution in [0.15, 0.2) is 0 Å². The van der Waals surface area contributed by atoms with E-state index in [0.29, 0.717) is 50.5 Å². The topological polar surface area (TPSA) is 51.2 Å². The van der Waals surface area contributed by atoms with Crippen LogP contribution in [0, 0.1) is 72.9 Å². The molecule has 0 N–H and O–H groups in total. The predicted molar refractivity (Wildman–Crippen MR) is 345 cm³/mol. The second-order valence-electron chi connectivity index (χ2n) is 30.8. The van der Waals surface area contributed by atoms with Gasteiger partial charge in [-0.25, -0.2) is 0 Å². The number of carbonyl (C=O) groups excluding carboxylic acids is 3. The first-order chi connectivity index (χ1) is 28.9. The van der Waals surface area contributed by atoms with E-state index in [9.17, 15) is 14.4 Å². The van der Waals surface area contributed by atoms with Crippen molar-refractivity contribution in [2.45, 2.75) is 367 Å². The highest BCUT2D eigenvalue weighted by molar-refractivity contribution is 5.86. The van der Waals surface area contributed by atoms with Crippen LogP contribution in [0.3, 0.4) is 0 Å². The lowest BCUT2D eigenvalue weighted by Gasteiger charge is -2.31. The average molecular weight is 1040 g/mol. The zero-order valence-corrected chi connectivity index (χ0v) is 49.5. The van der Waals surface area contributed by atoms with Crippen molar-refractivity contribution in [3.63, 3.8) is 0 Å². The molecule has 0 aromatic rings. The van der Waals surface area contributed by atoms with Crippen molar-refractivity contribution in [2.24, 2.45) is 72.9 Å². The van der Waals surface area contributed by atoms with E-state index >= 15 is 0 Å². The highest BCUT2D eigenvalue weighted by Gasteiger charge is 2.32. The summed E-state index contributed by atoms with van der Waals surface area (Å²) >= 11 is 0. The van der Waals surface area contributed by atoms with Gasteiger partial charge in [0.1, 0.15) is 17.3 Å². The molecule has 5 fully saturated rings. The van der Waals surface area contributed by atoms with Crippen LogP contribution in [-0.2, 0) is 14.4 Å². The van der Waals surface area contributed by atoms with E-state index in [1.54, 1.807) is 6.92 Å². The zero-order valence-electron chi connectivity index (χ0n) is 49.5. The first-order valence-corrected chi connectivity index (χ1v) is 27.5. The third kappa shape index (κ3) is 55.6. The van der Waals surface area contributed by atoms with Gasteiger partial charge in [0.05, 0.1) is 0 Å². The number of ketones is 3. The van der Waals surface area contributed by atoms with Gasteiger partial charge in [0.2, 0.25) is 0 Å². The third-order valence-corrected chi connectivity index (χ3v) is 13.6. The second-order valence-corrected chi connectivity index (χ2v) is 30.8. The fourth-order valence-electron chi connectivity index (χ4n) is 9.91. The molecule has 0 radical (unpaired) electrons. The Morgan fingerprint density at radius 1 is 0.315 bits per heavy atom. The molecule has 3 heteroatoms. The van der Waals surface area contributed by atoms with Gasteiger partial charge in [-0.2, -0.15) is 0 Å². The van der Waals surface area contributed by atoms with Gasteiger partial charge in [0.25, 0.3) is 0 Å². The van der Waals surface area contributed by atoms with Gasteiger partial charge in [-0.15, -0.1) is 0 Å². The molecule has 0 aromatic heterocycles. The summed E-state index contributed by atoms with van der Waals surface area (Å²) < 4.78 is 0. The Morgan fingerprint density at radius 3 is 0.685 bits per heavy atom. The molecule has 0 unspecified atom stereocenters. The van der Waals surface area contributed by atoms with Gasteiger partial charge < -0.3 is 0 Å². The maximum Gasteiger partial charge on any atom is 0.141 e. The quantitative estimate of drug-likeness (QED) is 0.282. The summed E-state index contributed by atoms with van der Waals surface area (Å²) in [6, 6.07) is 0. The van der Waals surface area contributed by atoms with Crippen molar-refractivity contribution < 1.29 is 14.4 Å². The van der Waals surface area contributed by atoms with Crippen LogP contribution in [-0.4, -0.2) is 17.3 Å². The Labute approximate surface area is 469 Å². The van der Waals surface area contributed by atoms with Crippen molar-refractivity contribution in [3.05, 3.63) is 0 Å². The second kappa shape index (κ2) is 41.1. The Kier molecular flexibility index (Phi) is 53.2. The van der Waals surface area contributed by atoms with Crippen LogP contribution >= 0.6 is 0 Å². The van der Waals surface area contributed by atoms with E-state index in [1.165, 1.54) is 109 Å². The summed E-state index contributed by atoms with van der Waals surface area (Å²) in [6.07, 6.45) is 28.4. The molecule has 0 heterocycles. The van der Waals surface area contributed by atoms with Crippen LogP contribution in [0.5, 0.6) is 0 Å². The summed E-state index contributed by atoms with van der Waals surface area (Å²) in [5.41, 5.74) is 2.33. The lowest BCUT2D eigenvalue weighted by atomic mass is 9.74. The lowest BCUT2D eigenvalue weighted by Crippen LogP contribution is -2.29.